The van der Waals surface area contributed by atoms with Crippen LogP contribution in [-0.2, 0) is 16.0 Å². The van der Waals surface area contributed by atoms with Crippen LogP contribution in [0.1, 0.15) is 33.8 Å². The van der Waals surface area contributed by atoms with Gasteiger partial charge in [0.05, 0.1) is 11.2 Å². The minimum Gasteiger partial charge on any atom is -0.368 e. The van der Waals surface area contributed by atoms with E-state index in [9.17, 15) is 9.59 Å². The summed E-state index contributed by atoms with van der Waals surface area (Å²) >= 11 is 1.61. The molecule has 0 saturated carbocycles. The molecular weight excluding hydrogens is 350 g/mol. The van der Waals surface area contributed by atoms with E-state index in [0.29, 0.717) is 24.4 Å². The Bertz CT molecular complexity index is 784. The molecule has 2 heterocycles. The molecule has 7 heteroatoms. The van der Waals surface area contributed by atoms with Crippen molar-refractivity contribution in [2.75, 3.05) is 25.5 Å². The number of ether oxygens (including phenoxy) is 1. The van der Waals surface area contributed by atoms with Crippen LogP contribution < -0.4 is 5.32 Å². The summed E-state index contributed by atoms with van der Waals surface area (Å²) < 4.78 is 5.39. The van der Waals surface area contributed by atoms with E-state index in [2.05, 4.69) is 10.3 Å². The van der Waals surface area contributed by atoms with E-state index in [1.165, 1.54) is 4.88 Å². The molecule has 0 spiro atoms. The van der Waals surface area contributed by atoms with E-state index in [-0.39, 0.29) is 17.9 Å². The number of aryl methyl sites for hydroxylation is 1. The fourth-order valence-electron chi connectivity index (χ4n) is 2.89. The first-order chi connectivity index (χ1) is 12.5. The Hall–Kier alpha value is -2.25. The van der Waals surface area contributed by atoms with E-state index in [4.69, 9.17) is 4.74 Å². The van der Waals surface area contributed by atoms with Crippen LogP contribution in [0.5, 0.6) is 0 Å². The lowest BCUT2D eigenvalue weighted by molar-refractivity contribution is -0.124. The fraction of sp³-hybridized carbons (Fsp3) is 0.421. The molecule has 1 aromatic heterocycles. The number of hydrogen-bond acceptors (Lipinski definition) is 5. The maximum Gasteiger partial charge on any atom is 0.253 e. The minimum absolute atomic E-state index is 0.0691. The Morgan fingerprint density at radius 3 is 2.96 bits per heavy atom. The number of nitrogens with zero attached hydrogens (tertiary/aromatic N) is 2. The number of benzene rings is 1. The van der Waals surface area contributed by atoms with Crippen LogP contribution in [0, 0.1) is 6.92 Å². The van der Waals surface area contributed by atoms with Crippen LogP contribution in [0.4, 0.5) is 5.69 Å². The molecular formula is C19H23N3O3S. The number of carbonyl (C=O) groups excluding carboxylic acids is 2. The Morgan fingerprint density at radius 2 is 2.27 bits per heavy atom. The predicted octanol–water partition coefficient (Wildman–Crippen LogP) is 2.88. The molecule has 1 aliphatic heterocycles. The molecule has 0 aliphatic carbocycles. The number of carbonyl (C=O) groups is 2. The van der Waals surface area contributed by atoms with Gasteiger partial charge in [-0.2, -0.15) is 0 Å². The number of rotatable bonds is 6. The molecule has 1 atom stereocenters. The van der Waals surface area contributed by atoms with E-state index >= 15 is 0 Å². The van der Waals surface area contributed by atoms with Gasteiger partial charge in [-0.15, -0.1) is 11.3 Å². The third-order valence-electron chi connectivity index (χ3n) is 4.47. The summed E-state index contributed by atoms with van der Waals surface area (Å²) in [5.41, 5.74) is 4.02. The van der Waals surface area contributed by atoms with Gasteiger partial charge in [0, 0.05) is 42.7 Å². The largest absolute Gasteiger partial charge is 0.368 e. The highest BCUT2D eigenvalue weighted by atomic mass is 32.1. The second-order valence-electron chi connectivity index (χ2n) is 6.41. The minimum atomic E-state index is -0.389. The van der Waals surface area contributed by atoms with Gasteiger partial charge in [0.25, 0.3) is 11.8 Å². The molecule has 1 aromatic carbocycles. The van der Waals surface area contributed by atoms with Gasteiger partial charge in [-0.05, 0) is 38.0 Å². The first kappa shape index (κ1) is 18.5. The Kier molecular flexibility index (Phi) is 6.00. The zero-order valence-electron chi connectivity index (χ0n) is 15.0. The highest BCUT2D eigenvalue weighted by molar-refractivity contribution is 7.09. The molecule has 0 bridgehead atoms. The van der Waals surface area contributed by atoms with E-state index in [1.807, 2.05) is 12.4 Å². The van der Waals surface area contributed by atoms with Gasteiger partial charge in [0.1, 0.15) is 6.10 Å². The molecule has 6 nitrogen and oxygen atoms in total. The highest BCUT2D eigenvalue weighted by Crippen LogP contribution is 2.18. The molecule has 1 saturated heterocycles. The van der Waals surface area contributed by atoms with Gasteiger partial charge in [-0.25, -0.2) is 4.98 Å². The van der Waals surface area contributed by atoms with Crippen molar-refractivity contribution >= 4 is 28.8 Å². The quantitative estimate of drug-likeness (QED) is 0.845. The molecule has 26 heavy (non-hydrogen) atoms. The standard InChI is InChI=1S/C19H23N3O3S/c1-13-17(26-12-20-13)8-9-22(2)19(24)14-5-3-6-15(11-14)21-18(23)16-7-4-10-25-16/h3,5-6,11-12,16H,4,7-10H2,1-2H3,(H,21,23). The Morgan fingerprint density at radius 1 is 1.42 bits per heavy atom. The Labute approximate surface area is 157 Å². The average Bonchev–Trinajstić information content (AvgIpc) is 3.31. The summed E-state index contributed by atoms with van der Waals surface area (Å²) in [5, 5.41) is 2.84. The first-order valence-corrected chi connectivity index (χ1v) is 9.59. The predicted molar refractivity (Wildman–Crippen MR) is 102 cm³/mol. The summed E-state index contributed by atoms with van der Waals surface area (Å²) in [7, 11) is 1.79. The lowest BCUT2D eigenvalue weighted by Crippen LogP contribution is -2.29. The zero-order chi connectivity index (χ0) is 18.5. The third kappa shape index (κ3) is 4.47. The van der Waals surface area contributed by atoms with Gasteiger partial charge < -0.3 is 15.0 Å². The van der Waals surface area contributed by atoms with Crippen molar-refractivity contribution in [3.05, 3.63) is 45.9 Å². The van der Waals surface area contributed by atoms with Crippen molar-refractivity contribution in [2.45, 2.75) is 32.3 Å². The first-order valence-electron chi connectivity index (χ1n) is 8.71. The van der Waals surface area contributed by atoms with Crippen LogP contribution in [-0.4, -0.2) is 48.0 Å². The summed E-state index contributed by atoms with van der Waals surface area (Å²) in [6.45, 7) is 3.23. The van der Waals surface area contributed by atoms with E-state index < -0.39 is 0 Å². The van der Waals surface area contributed by atoms with Crippen molar-refractivity contribution in [1.82, 2.24) is 9.88 Å². The van der Waals surface area contributed by atoms with E-state index in [1.54, 1.807) is 47.5 Å². The van der Waals surface area contributed by atoms with Crippen molar-refractivity contribution in [2.24, 2.45) is 0 Å². The third-order valence-corrected chi connectivity index (χ3v) is 5.46. The molecule has 138 valence electrons. The van der Waals surface area contributed by atoms with Gasteiger partial charge in [0.15, 0.2) is 0 Å². The molecule has 1 aliphatic rings. The molecule has 2 amide bonds. The number of hydrogen-bond donors (Lipinski definition) is 1. The van der Waals surface area contributed by atoms with Gasteiger partial charge in [-0.3, -0.25) is 9.59 Å². The lowest BCUT2D eigenvalue weighted by atomic mass is 10.1. The maximum absolute atomic E-state index is 12.7. The number of nitrogens with one attached hydrogen (secondary N) is 1. The SMILES string of the molecule is Cc1ncsc1CCN(C)C(=O)c1cccc(NC(=O)C2CCCO2)c1. The van der Waals surface area contributed by atoms with Crippen LogP contribution in [0.25, 0.3) is 0 Å². The second kappa shape index (κ2) is 8.42. The van der Waals surface area contributed by atoms with Crippen LogP contribution >= 0.6 is 11.3 Å². The number of anilines is 1. The monoisotopic (exact) mass is 373 g/mol. The molecule has 1 N–H and O–H groups in total. The summed E-state index contributed by atoms with van der Waals surface area (Å²) in [6, 6.07) is 7.03. The van der Waals surface area contributed by atoms with Gasteiger partial charge in [0.2, 0.25) is 0 Å². The van der Waals surface area contributed by atoms with Crippen molar-refractivity contribution in [3.63, 3.8) is 0 Å². The number of thiazole rings is 1. The van der Waals surface area contributed by atoms with Crippen molar-refractivity contribution in [3.8, 4) is 0 Å². The fourth-order valence-corrected chi connectivity index (χ4v) is 3.66. The van der Waals surface area contributed by atoms with Crippen molar-refractivity contribution in [1.29, 1.82) is 0 Å². The van der Waals surface area contributed by atoms with Gasteiger partial charge in [-0.1, -0.05) is 6.07 Å². The molecule has 0 radical (unpaired) electrons. The van der Waals surface area contributed by atoms with Crippen molar-refractivity contribution < 1.29 is 14.3 Å². The van der Waals surface area contributed by atoms with Crippen LogP contribution in [0.2, 0.25) is 0 Å². The average molecular weight is 373 g/mol. The summed E-state index contributed by atoms with van der Waals surface area (Å²) in [6.07, 6.45) is 2.04. The number of amides is 2. The maximum atomic E-state index is 12.7. The lowest BCUT2D eigenvalue weighted by Gasteiger charge is -2.18. The molecule has 1 fully saturated rings. The Balaban J connectivity index is 1.60. The highest BCUT2D eigenvalue weighted by Gasteiger charge is 2.23. The van der Waals surface area contributed by atoms with Crippen LogP contribution in [0.15, 0.2) is 29.8 Å². The normalized spacial score (nSPS) is 16.5. The molecule has 2 aromatic rings. The van der Waals surface area contributed by atoms with Crippen LogP contribution in [0.3, 0.4) is 0 Å². The second-order valence-corrected chi connectivity index (χ2v) is 7.35. The molecule has 1 unspecified atom stereocenters. The topological polar surface area (TPSA) is 71.5 Å². The summed E-state index contributed by atoms with van der Waals surface area (Å²) in [5.74, 6) is -0.221. The van der Waals surface area contributed by atoms with E-state index in [0.717, 1.165) is 25.0 Å². The zero-order valence-corrected chi connectivity index (χ0v) is 15.8. The van der Waals surface area contributed by atoms with Gasteiger partial charge >= 0.3 is 0 Å². The molecule has 3 rings (SSSR count). The number of aromatic nitrogens is 1. The number of likely N-dealkylation sites (N-methyl/N-ethyl adjacent to an activating group) is 1. The smallest absolute Gasteiger partial charge is 0.253 e. The summed E-state index contributed by atoms with van der Waals surface area (Å²) in [4.78, 5) is 31.9.